The lowest BCUT2D eigenvalue weighted by Gasteiger charge is -2.09. The van der Waals surface area contributed by atoms with E-state index in [9.17, 15) is 0 Å². The Kier molecular flexibility index (Phi) is 4.85. The molecule has 0 unspecified atom stereocenters. The van der Waals surface area contributed by atoms with Crippen LogP contribution in [0.25, 0.3) is 0 Å². The number of rotatable bonds is 5. The van der Waals surface area contributed by atoms with Gasteiger partial charge in [-0.1, -0.05) is 38.1 Å². The summed E-state index contributed by atoms with van der Waals surface area (Å²) in [6, 6.07) is 8.73. The van der Waals surface area contributed by atoms with Gasteiger partial charge in [-0.15, -0.1) is 0 Å². The lowest BCUT2D eigenvalue weighted by Crippen LogP contribution is -2.14. The van der Waals surface area contributed by atoms with Crippen LogP contribution in [0.4, 0.5) is 0 Å². The first-order valence-corrected chi connectivity index (χ1v) is 5.80. The summed E-state index contributed by atoms with van der Waals surface area (Å²) >= 11 is 0. The van der Waals surface area contributed by atoms with E-state index >= 15 is 0 Å². The summed E-state index contributed by atoms with van der Waals surface area (Å²) in [6.45, 7) is 5.26. The summed E-state index contributed by atoms with van der Waals surface area (Å²) in [7, 11) is 1.81. The fourth-order valence-corrected chi connectivity index (χ4v) is 1.66. The lowest BCUT2D eigenvalue weighted by atomic mass is 10.0. The van der Waals surface area contributed by atoms with Crippen molar-refractivity contribution in [2.24, 2.45) is 5.92 Å². The number of likely N-dealkylation sites (N-methyl/N-ethyl adjacent to an activating group) is 1. The third-order valence-corrected chi connectivity index (χ3v) is 2.57. The molecule has 1 aromatic carbocycles. The van der Waals surface area contributed by atoms with Gasteiger partial charge in [0.1, 0.15) is 0 Å². The van der Waals surface area contributed by atoms with Gasteiger partial charge in [0.05, 0.1) is 0 Å². The van der Waals surface area contributed by atoms with Crippen LogP contribution >= 0.6 is 0 Å². The first kappa shape index (κ1) is 12.6. The Morgan fingerprint density at radius 1 is 1.19 bits per heavy atom. The largest absolute Gasteiger partial charge is 0.313 e. The van der Waals surface area contributed by atoms with Gasteiger partial charge >= 0.3 is 0 Å². The molecule has 0 amide bonds. The molecule has 0 heterocycles. The van der Waals surface area contributed by atoms with Crippen LogP contribution in [-0.4, -0.2) is 18.5 Å². The van der Waals surface area contributed by atoms with Crippen LogP contribution in [0, 0.1) is 17.4 Å². The minimum Gasteiger partial charge on any atom is -0.313 e. The van der Waals surface area contributed by atoms with Gasteiger partial charge in [-0.3, -0.25) is 0 Å². The fourth-order valence-electron chi connectivity index (χ4n) is 1.66. The normalized spacial score (nSPS) is 10.2. The second-order valence-corrected chi connectivity index (χ2v) is 4.69. The number of nitrogens with zero attached hydrogens (tertiary/aromatic N) is 2. The molecule has 1 rings (SSSR count). The molecule has 0 radical (unpaired) electrons. The third-order valence-electron chi connectivity index (χ3n) is 2.57. The first-order valence-electron chi connectivity index (χ1n) is 5.80. The van der Waals surface area contributed by atoms with Gasteiger partial charge < -0.3 is 4.90 Å². The summed E-state index contributed by atoms with van der Waals surface area (Å²) in [5.74, 6) is 0.704. The first-order chi connectivity index (χ1) is 7.61. The van der Waals surface area contributed by atoms with Crippen LogP contribution in [0.3, 0.4) is 0 Å². The van der Waals surface area contributed by atoms with Crippen LogP contribution in [0.1, 0.15) is 25.0 Å². The van der Waals surface area contributed by atoms with Gasteiger partial charge in [0, 0.05) is 13.6 Å². The molecule has 0 spiro atoms. The summed E-state index contributed by atoms with van der Waals surface area (Å²) in [5, 5.41) is 8.63. The van der Waals surface area contributed by atoms with E-state index in [4.69, 9.17) is 5.26 Å². The molecular weight excluding hydrogens is 196 g/mol. The van der Waals surface area contributed by atoms with E-state index in [0.29, 0.717) is 5.92 Å². The van der Waals surface area contributed by atoms with Crippen molar-refractivity contribution in [3.8, 4) is 6.19 Å². The molecule has 86 valence electrons. The van der Waals surface area contributed by atoms with Crippen molar-refractivity contribution in [1.29, 1.82) is 5.26 Å². The number of nitriles is 1. The van der Waals surface area contributed by atoms with Crippen molar-refractivity contribution in [2.75, 3.05) is 13.6 Å². The predicted octanol–water partition coefficient (Wildman–Crippen LogP) is 2.84. The van der Waals surface area contributed by atoms with E-state index in [-0.39, 0.29) is 0 Å². The Balaban J connectivity index is 2.49. The Labute approximate surface area is 98.5 Å². The van der Waals surface area contributed by atoms with E-state index < -0.39 is 0 Å². The quantitative estimate of drug-likeness (QED) is 0.559. The molecule has 0 aromatic heterocycles. The van der Waals surface area contributed by atoms with Gasteiger partial charge in [0.15, 0.2) is 6.19 Å². The van der Waals surface area contributed by atoms with Crippen molar-refractivity contribution in [1.82, 2.24) is 4.90 Å². The van der Waals surface area contributed by atoms with Crippen LogP contribution in [0.15, 0.2) is 24.3 Å². The topological polar surface area (TPSA) is 27.0 Å². The highest BCUT2D eigenvalue weighted by atomic mass is 15.1. The smallest absolute Gasteiger partial charge is 0.179 e. The molecule has 2 heteroatoms. The maximum absolute atomic E-state index is 8.63. The molecule has 0 aliphatic carbocycles. The van der Waals surface area contributed by atoms with E-state index in [1.807, 2.05) is 7.05 Å². The molecule has 0 bridgehead atoms. The Hall–Kier alpha value is -1.49. The molecule has 0 atom stereocenters. The summed E-state index contributed by atoms with van der Waals surface area (Å²) in [4.78, 5) is 1.65. The minimum atomic E-state index is 0.704. The molecule has 2 nitrogen and oxygen atoms in total. The van der Waals surface area contributed by atoms with Crippen molar-refractivity contribution < 1.29 is 0 Å². The lowest BCUT2D eigenvalue weighted by molar-refractivity contribution is 0.478. The van der Waals surface area contributed by atoms with Gasteiger partial charge in [-0.2, -0.15) is 5.26 Å². The molecular formula is C14H20N2. The van der Waals surface area contributed by atoms with Crippen LogP contribution in [0.2, 0.25) is 0 Å². The van der Waals surface area contributed by atoms with Crippen molar-refractivity contribution in [3.05, 3.63) is 35.4 Å². The van der Waals surface area contributed by atoms with Gasteiger partial charge in [0.2, 0.25) is 0 Å². The molecule has 0 aliphatic heterocycles. The van der Waals surface area contributed by atoms with Gasteiger partial charge in [0.25, 0.3) is 0 Å². The fraction of sp³-hybridized carbons (Fsp3) is 0.500. The molecule has 16 heavy (non-hydrogen) atoms. The van der Waals surface area contributed by atoms with Crippen molar-refractivity contribution in [2.45, 2.75) is 26.7 Å². The molecule has 0 saturated heterocycles. The maximum Gasteiger partial charge on any atom is 0.179 e. The summed E-state index contributed by atoms with van der Waals surface area (Å²) in [6.07, 6.45) is 4.18. The highest BCUT2D eigenvalue weighted by molar-refractivity contribution is 5.23. The predicted molar refractivity (Wildman–Crippen MR) is 66.9 cm³/mol. The zero-order valence-corrected chi connectivity index (χ0v) is 10.4. The van der Waals surface area contributed by atoms with Crippen molar-refractivity contribution >= 4 is 0 Å². The molecule has 0 aliphatic rings. The Morgan fingerprint density at radius 3 is 2.25 bits per heavy atom. The van der Waals surface area contributed by atoms with E-state index in [1.54, 1.807) is 4.90 Å². The Morgan fingerprint density at radius 2 is 1.75 bits per heavy atom. The van der Waals surface area contributed by atoms with E-state index in [2.05, 4.69) is 44.3 Å². The number of hydrogen-bond acceptors (Lipinski definition) is 2. The number of hydrogen-bond donors (Lipinski definition) is 0. The van der Waals surface area contributed by atoms with Gasteiger partial charge in [-0.25, -0.2) is 0 Å². The molecule has 0 N–H and O–H groups in total. The highest BCUT2D eigenvalue weighted by Gasteiger charge is 1.99. The molecule has 0 fully saturated rings. The minimum absolute atomic E-state index is 0.704. The molecule has 1 aromatic rings. The van der Waals surface area contributed by atoms with Crippen LogP contribution < -0.4 is 0 Å². The maximum atomic E-state index is 8.63. The highest BCUT2D eigenvalue weighted by Crippen LogP contribution is 2.10. The van der Waals surface area contributed by atoms with Gasteiger partial charge in [-0.05, 0) is 29.9 Å². The van der Waals surface area contributed by atoms with E-state index in [1.165, 1.54) is 11.1 Å². The third kappa shape index (κ3) is 4.35. The zero-order chi connectivity index (χ0) is 12.0. The Bertz CT molecular complexity index is 346. The average molecular weight is 216 g/mol. The SMILES string of the molecule is CC(C)Cc1ccc(CCN(C)C#N)cc1. The number of benzene rings is 1. The monoisotopic (exact) mass is 216 g/mol. The average Bonchev–Trinajstić information content (AvgIpc) is 2.27. The second kappa shape index (κ2) is 6.17. The summed E-state index contributed by atoms with van der Waals surface area (Å²) in [5.41, 5.74) is 2.70. The van der Waals surface area contributed by atoms with E-state index in [0.717, 1.165) is 19.4 Å². The zero-order valence-electron chi connectivity index (χ0n) is 10.4. The van der Waals surface area contributed by atoms with Crippen LogP contribution in [0.5, 0.6) is 0 Å². The van der Waals surface area contributed by atoms with Crippen molar-refractivity contribution in [3.63, 3.8) is 0 Å². The molecule has 0 saturated carbocycles. The van der Waals surface area contributed by atoms with Crippen LogP contribution in [-0.2, 0) is 12.8 Å². The second-order valence-electron chi connectivity index (χ2n) is 4.69. The standard InChI is InChI=1S/C14H20N2/c1-12(2)10-14-6-4-13(5-7-14)8-9-16(3)11-15/h4-7,12H,8-10H2,1-3H3. The summed E-state index contributed by atoms with van der Waals surface area (Å²) < 4.78 is 0.